The van der Waals surface area contributed by atoms with Crippen molar-refractivity contribution in [2.45, 2.75) is 44.4 Å². The van der Waals surface area contributed by atoms with E-state index in [0.717, 1.165) is 19.3 Å². The summed E-state index contributed by atoms with van der Waals surface area (Å²) in [7, 11) is 0. The molecule has 1 fully saturated rings. The van der Waals surface area contributed by atoms with Gasteiger partial charge in [-0.3, -0.25) is 9.48 Å². The minimum Gasteiger partial charge on any atom is -0.339 e. The maximum atomic E-state index is 13.2. The number of tetrazole rings is 1. The summed E-state index contributed by atoms with van der Waals surface area (Å²) in [6.45, 7) is 0.668. The number of nitrogens with one attached hydrogen (secondary N) is 2. The van der Waals surface area contributed by atoms with E-state index in [-0.39, 0.29) is 17.0 Å². The minimum atomic E-state index is -4.63. The van der Waals surface area contributed by atoms with Gasteiger partial charge in [0.2, 0.25) is 0 Å². The molecule has 0 aromatic carbocycles. The first-order chi connectivity index (χ1) is 12.8. The Labute approximate surface area is 150 Å². The molecule has 2 aromatic rings. The van der Waals surface area contributed by atoms with E-state index in [4.69, 9.17) is 0 Å². The predicted molar refractivity (Wildman–Crippen MR) is 85.9 cm³/mol. The van der Waals surface area contributed by atoms with Crippen molar-refractivity contribution in [1.82, 2.24) is 35.3 Å². The summed E-state index contributed by atoms with van der Waals surface area (Å²) in [6, 6.07) is -0.520. The van der Waals surface area contributed by atoms with E-state index in [1.54, 1.807) is 16.9 Å². The van der Waals surface area contributed by atoms with Crippen LogP contribution in [0.5, 0.6) is 0 Å². The van der Waals surface area contributed by atoms with Crippen LogP contribution in [0.1, 0.15) is 31.4 Å². The molecule has 1 unspecified atom stereocenters. The van der Waals surface area contributed by atoms with E-state index in [0.29, 0.717) is 17.1 Å². The molecule has 2 N–H and O–H groups in total. The lowest BCUT2D eigenvalue weighted by molar-refractivity contribution is -0.159. The molecule has 0 radical (unpaired) electrons. The van der Waals surface area contributed by atoms with Gasteiger partial charge in [-0.25, -0.2) is 9.89 Å². The summed E-state index contributed by atoms with van der Waals surface area (Å²) >= 11 is 0. The molecular formula is C15H16F3N7O2. The first kappa shape index (κ1) is 17.5. The molecule has 1 amide bonds. The molecule has 0 spiro atoms. The van der Waals surface area contributed by atoms with E-state index in [9.17, 15) is 22.8 Å². The molecule has 2 aromatic heterocycles. The minimum absolute atomic E-state index is 0.00411. The van der Waals surface area contributed by atoms with Crippen molar-refractivity contribution in [3.05, 3.63) is 28.4 Å². The molecule has 1 saturated carbocycles. The molecule has 4 rings (SSSR count). The Hall–Kier alpha value is -2.92. The molecule has 27 heavy (non-hydrogen) atoms. The first-order valence-electron chi connectivity index (χ1n) is 8.48. The number of aromatic amines is 1. The fourth-order valence-electron chi connectivity index (χ4n) is 3.27. The van der Waals surface area contributed by atoms with Crippen LogP contribution in [0.15, 0.2) is 17.1 Å². The summed E-state index contributed by atoms with van der Waals surface area (Å²) in [6.07, 6.45) is -0.165. The number of hydrogen-bond donors (Lipinski definition) is 2. The molecule has 1 aliphatic carbocycles. The number of carbonyl (C=O) groups is 1. The summed E-state index contributed by atoms with van der Waals surface area (Å²) in [4.78, 5) is 24.2. The third-order valence-electron chi connectivity index (χ3n) is 4.91. The average Bonchev–Trinajstić information content (AvgIpc) is 3.18. The number of alkyl halides is 3. The summed E-state index contributed by atoms with van der Waals surface area (Å²) in [5, 5.41) is 15.0. The molecule has 3 heterocycles. The van der Waals surface area contributed by atoms with Crippen molar-refractivity contribution < 1.29 is 18.0 Å². The number of rotatable bonds is 4. The van der Waals surface area contributed by atoms with E-state index in [2.05, 4.69) is 15.5 Å². The summed E-state index contributed by atoms with van der Waals surface area (Å²) in [5.74, 6) is -0.551. The van der Waals surface area contributed by atoms with Crippen LogP contribution in [0.3, 0.4) is 0 Å². The fraction of sp³-hybridized carbons (Fsp3) is 0.533. The second kappa shape index (κ2) is 6.35. The summed E-state index contributed by atoms with van der Waals surface area (Å²) in [5.41, 5.74) is -0.909. The van der Waals surface area contributed by atoms with Crippen molar-refractivity contribution >= 4 is 17.2 Å². The standard InChI is InChI=1S/C15H16F3N7O2/c16-15(17,18)11-6-9(10-4-5-24(21-10)7-8-2-1-3-8)12(13(26)19-11)25-14(27)20-22-23-25/h4-5,8,11H,1-3,6-7H2,(H,19,26)(H,20,23,27). The van der Waals surface area contributed by atoms with Gasteiger partial charge in [-0.15, -0.1) is 0 Å². The maximum Gasteiger partial charge on any atom is 0.408 e. The van der Waals surface area contributed by atoms with Crippen molar-refractivity contribution in [2.75, 3.05) is 0 Å². The Morgan fingerprint density at radius 1 is 1.26 bits per heavy atom. The van der Waals surface area contributed by atoms with Gasteiger partial charge in [-0.05, 0) is 35.3 Å². The van der Waals surface area contributed by atoms with Crippen LogP contribution in [0.4, 0.5) is 13.2 Å². The van der Waals surface area contributed by atoms with Crippen LogP contribution in [0, 0.1) is 5.92 Å². The number of nitrogens with zero attached hydrogens (tertiary/aromatic N) is 5. The molecule has 2 aliphatic rings. The second-order valence-corrected chi connectivity index (χ2v) is 6.74. The quantitative estimate of drug-likeness (QED) is 0.811. The molecule has 9 nitrogen and oxygen atoms in total. The van der Waals surface area contributed by atoms with Crippen molar-refractivity contribution in [1.29, 1.82) is 0 Å². The molecule has 1 atom stereocenters. The number of H-pyrrole nitrogens is 1. The Morgan fingerprint density at radius 2 is 2.04 bits per heavy atom. The van der Waals surface area contributed by atoms with Gasteiger partial charge in [0.1, 0.15) is 11.7 Å². The molecular weight excluding hydrogens is 367 g/mol. The normalized spacial score (nSPS) is 21.3. The Kier molecular flexibility index (Phi) is 4.12. The highest BCUT2D eigenvalue weighted by atomic mass is 19.4. The lowest BCUT2D eigenvalue weighted by atomic mass is 9.85. The van der Waals surface area contributed by atoms with Crippen LogP contribution < -0.4 is 11.0 Å². The number of aromatic nitrogens is 6. The molecule has 0 saturated heterocycles. The van der Waals surface area contributed by atoms with Crippen molar-refractivity contribution in [3.63, 3.8) is 0 Å². The monoisotopic (exact) mass is 383 g/mol. The van der Waals surface area contributed by atoms with E-state index < -0.39 is 30.2 Å². The highest BCUT2D eigenvalue weighted by molar-refractivity contribution is 6.22. The van der Waals surface area contributed by atoms with Crippen molar-refractivity contribution in [2.24, 2.45) is 5.92 Å². The summed E-state index contributed by atoms with van der Waals surface area (Å²) < 4.78 is 42.0. The fourth-order valence-corrected chi connectivity index (χ4v) is 3.27. The van der Waals surface area contributed by atoms with E-state index in [1.165, 1.54) is 0 Å². The van der Waals surface area contributed by atoms with Crippen LogP contribution in [0.2, 0.25) is 0 Å². The number of halogens is 3. The van der Waals surface area contributed by atoms with Gasteiger partial charge in [-0.2, -0.15) is 23.0 Å². The molecule has 0 bridgehead atoms. The zero-order valence-corrected chi connectivity index (χ0v) is 14.0. The van der Waals surface area contributed by atoms with Crippen LogP contribution in [-0.4, -0.2) is 48.1 Å². The Morgan fingerprint density at radius 3 is 2.63 bits per heavy atom. The van der Waals surface area contributed by atoms with Crippen LogP contribution in [-0.2, 0) is 11.3 Å². The highest BCUT2D eigenvalue weighted by Gasteiger charge is 2.45. The third-order valence-corrected chi connectivity index (χ3v) is 4.91. The van der Waals surface area contributed by atoms with Gasteiger partial charge in [-0.1, -0.05) is 6.42 Å². The largest absolute Gasteiger partial charge is 0.408 e. The zero-order chi connectivity index (χ0) is 19.2. The van der Waals surface area contributed by atoms with E-state index in [1.807, 2.05) is 10.4 Å². The van der Waals surface area contributed by atoms with Crippen molar-refractivity contribution in [3.8, 4) is 0 Å². The second-order valence-electron chi connectivity index (χ2n) is 6.74. The van der Waals surface area contributed by atoms with E-state index >= 15 is 0 Å². The number of hydrogen-bond acceptors (Lipinski definition) is 5. The maximum absolute atomic E-state index is 13.2. The molecule has 12 heteroatoms. The van der Waals surface area contributed by atoms with Crippen LogP contribution in [0.25, 0.3) is 11.3 Å². The Balaban J connectivity index is 1.76. The molecule has 1 aliphatic heterocycles. The zero-order valence-electron chi connectivity index (χ0n) is 14.0. The predicted octanol–water partition coefficient (Wildman–Crippen LogP) is 0.782. The number of amides is 1. The number of carbonyl (C=O) groups excluding carboxylic acids is 1. The molecule has 144 valence electrons. The third kappa shape index (κ3) is 3.26. The smallest absolute Gasteiger partial charge is 0.339 e. The lowest BCUT2D eigenvalue weighted by Crippen LogP contribution is -2.50. The van der Waals surface area contributed by atoms with Gasteiger partial charge >= 0.3 is 11.9 Å². The SMILES string of the molecule is O=C1NC(C(F)(F)F)CC(c2ccn(CC3CCC3)n2)=C1n1nn[nH]c1=O. The van der Waals surface area contributed by atoms with Gasteiger partial charge in [0.25, 0.3) is 5.91 Å². The van der Waals surface area contributed by atoms with Gasteiger partial charge in [0.05, 0.1) is 5.69 Å². The lowest BCUT2D eigenvalue weighted by Gasteiger charge is -2.28. The first-order valence-corrected chi connectivity index (χ1v) is 8.48. The van der Waals surface area contributed by atoms with Gasteiger partial charge in [0, 0.05) is 24.7 Å². The average molecular weight is 383 g/mol. The van der Waals surface area contributed by atoms with Crippen LogP contribution >= 0.6 is 0 Å². The topological polar surface area (TPSA) is 110 Å². The van der Waals surface area contributed by atoms with Gasteiger partial charge < -0.3 is 5.32 Å². The van der Waals surface area contributed by atoms with Gasteiger partial charge in [0.15, 0.2) is 0 Å². The Bertz CT molecular complexity index is 951. The highest BCUT2D eigenvalue weighted by Crippen LogP contribution is 2.35.